The number of carbonyl (C=O) groups excluding carboxylic acids is 1. The first-order valence-corrected chi connectivity index (χ1v) is 12.6. The Bertz CT molecular complexity index is 1270. The van der Waals surface area contributed by atoms with E-state index in [0.717, 1.165) is 50.3 Å². The molecule has 192 valence electrons. The van der Waals surface area contributed by atoms with E-state index in [1.165, 1.54) is 22.3 Å². The van der Waals surface area contributed by atoms with Gasteiger partial charge in [0.25, 0.3) is 5.91 Å². The minimum Gasteiger partial charge on any atom is -0.497 e. The second-order valence-electron chi connectivity index (χ2n) is 9.05. The Morgan fingerprint density at radius 3 is 1.95 bits per heavy atom. The third-order valence-electron chi connectivity index (χ3n) is 6.83. The van der Waals surface area contributed by atoms with Gasteiger partial charge in [-0.05, 0) is 103 Å². The lowest BCUT2D eigenvalue weighted by atomic mass is 10.0. The van der Waals surface area contributed by atoms with Crippen molar-refractivity contribution in [3.05, 3.63) is 98.9 Å². The maximum absolute atomic E-state index is 12.7. The molecule has 3 aromatic carbocycles. The van der Waals surface area contributed by atoms with Gasteiger partial charge in [0.05, 0.1) is 14.2 Å². The zero-order valence-corrected chi connectivity index (χ0v) is 21.4. The molecule has 0 saturated carbocycles. The van der Waals surface area contributed by atoms with Crippen LogP contribution in [0.3, 0.4) is 0 Å². The molecule has 2 heterocycles. The zero-order valence-electron chi connectivity index (χ0n) is 21.4. The van der Waals surface area contributed by atoms with Crippen LogP contribution in [-0.2, 0) is 25.7 Å². The van der Waals surface area contributed by atoms with Crippen LogP contribution in [-0.4, -0.2) is 51.2 Å². The summed E-state index contributed by atoms with van der Waals surface area (Å²) in [6.45, 7) is 3.55. The number of rotatable bonds is 4. The number of azide groups is 1. The van der Waals surface area contributed by atoms with Crippen molar-refractivity contribution in [1.29, 1.82) is 0 Å². The van der Waals surface area contributed by atoms with Crippen molar-refractivity contribution in [3.63, 3.8) is 0 Å². The molecule has 0 saturated heterocycles. The van der Waals surface area contributed by atoms with Crippen LogP contribution in [0.2, 0.25) is 0 Å². The fraction of sp³-hybridized carbons (Fsp3) is 0.345. The molecule has 1 amide bonds. The maximum Gasteiger partial charge on any atom is 0.253 e. The average molecular weight is 500 g/mol. The first-order valence-electron chi connectivity index (χ1n) is 12.6. The summed E-state index contributed by atoms with van der Waals surface area (Å²) in [5.41, 5.74) is 14.9. The molecule has 1 N–H and O–H groups in total. The molecule has 37 heavy (non-hydrogen) atoms. The Balaban J connectivity index is 0.000000207. The number of hydrogen-bond donors (Lipinski definition) is 1. The minimum atomic E-state index is 0.00209. The van der Waals surface area contributed by atoms with Gasteiger partial charge in [-0.2, -0.15) is 0 Å². The fourth-order valence-corrected chi connectivity index (χ4v) is 4.71. The van der Waals surface area contributed by atoms with Gasteiger partial charge in [-0.3, -0.25) is 4.79 Å². The zero-order chi connectivity index (χ0) is 26.0. The summed E-state index contributed by atoms with van der Waals surface area (Å²) in [5.74, 6) is 1.82. The smallest absolute Gasteiger partial charge is 0.253 e. The molecule has 3 aromatic rings. The first kappa shape index (κ1) is 26.1. The molecule has 0 spiro atoms. The quantitative estimate of drug-likeness (QED) is 0.301. The van der Waals surface area contributed by atoms with Gasteiger partial charge in [0.2, 0.25) is 0 Å². The van der Waals surface area contributed by atoms with E-state index in [9.17, 15) is 4.79 Å². The van der Waals surface area contributed by atoms with E-state index >= 15 is 0 Å². The fourth-order valence-electron chi connectivity index (χ4n) is 4.71. The number of ether oxygens (including phenoxy) is 2. The van der Waals surface area contributed by atoms with Gasteiger partial charge in [-0.1, -0.05) is 29.4 Å². The Labute approximate surface area is 217 Å². The molecule has 8 heteroatoms. The summed E-state index contributed by atoms with van der Waals surface area (Å²) >= 11 is 0. The molecule has 0 fully saturated rings. The number of nitrogens with zero attached hydrogens (tertiary/aromatic N) is 4. The molecule has 8 nitrogen and oxygen atoms in total. The number of carbonyl (C=O) groups is 1. The molecule has 0 unspecified atom stereocenters. The van der Waals surface area contributed by atoms with Crippen molar-refractivity contribution in [3.8, 4) is 11.5 Å². The molecule has 0 atom stereocenters. The Hall–Kier alpha value is -4.00. The molecular formula is C29H33N5O3. The van der Waals surface area contributed by atoms with Crippen LogP contribution in [0.4, 0.5) is 5.69 Å². The number of fused-ring (bicyclic) bond motifs is 2. The Kier molecular flexibility index (Phi) is 9.03. The lowest BCUT2D eigenvalue weighted by Gasteiger charge is -2.20. The summed E-state index contributed by atoms with van der Waals surface area (Å²) in [6, 6.07) is 19.2. The SMILES string of the molecule is COc1ccc2c(c1)CCN(C(=O)c1ccc(N=[N+]=[N-])cc1)CC2.COc1ccc2c(c1)CCNCC2. The van der Waals surface area contributed by atoms with E-state index in [-0.39, 0.29) is 5.91 Å². The van der Waals surface area contributed by atoms with Gasteiger partial charge in [-0.25, -0.2) is 0 Å². The lowest BCUT2D eigenvalue weighted by molar-refractivity contribution is 0.0763. The average Bonchev–Trinajstić information content (AvgIpc) is 3.31. The van der Waals surface area contributed by atoms with Crippen molar-refractivity contribution in [2.45, 2.75) is 25.7 Å². The number of benzene rings is 3. The summed E-state index contributed by atoms with van der Waals surface area (Å²) < 4.78 is 10.5. The molecule has 2 aliphatic rings. The normalized spacial score (nSPS) is 14.4. The Morgan fingerprint density at radius 1 is 0.811 bits per heavy atom. The Morgan fingerprint density at radius 2 is 1.35 bits per heavy atom. The monoisotopic (exact) mass is 499 g/mol. The van der Waals surface area contributed by atoms with Crippen LogP contribution in [0.25, 0.3) is 10.4 Å². The topological polar surface area (TPSA) is 99.6 Å². The predicted octanol–water partition coefficient (Wildman–Crippen LogP) is 5.26. The van der Waals surface area contributed by atoms with Gasteiger partial charge in [0.15, 0.2) is 0 Å². The number of methoxy groups -OCH3 is 2. The van der Waals surface area contributed by atoms with Crippen LogP contribution >= 0.6 is 0 Å². The molecular weight excluding hydrogens is 466 g/mol. The summed E-state index contributed by atoms with van der Waals surface area (Å²) in [4.78, 5) is 17.3. The van der Waals surface area contributed by atoms with Crippen molar-refractivity contribution < 1.29 is 14.3 Å². The van der Waals surface area contributed by atoms with E-state index in [4.69, 9.17) is 15.0 Å². The number of hydrogen-bond acceptors (Lipinski definition) is 5. The van der Waals surface area contributed by atoms with Crippen molar-refractivity contribution in [2.75, 3.05) is 40.4 Å². The van der Waals surface area contributed by atoms with Crippen LogP contribution in [0, 0.1) is 0 Å². The highest BCUT2D eigenvalue weighted by atomic mass is 16.5. The number of nitrogens with one attached hydrogen (secondary N) is 1. The largest absolute Gasteiger partial charge is 0.497 e. The highest BCUT2D eigenvalue weighted by Gasteiger charge is 2.20. The summed E-state index contributed by atoms with van der Waals surface area (Å²) in [7, 11) is 3.38. The van der Waals surface area contributed by atoms with Crippen LogP contribution in [0.1, 0.15) is 32.6 Å². The van der Waals surface area contributed by atoms with Gasteiger partial charge in [0, 0.05) is 29.3 Å². The second kappa shape index (κ2) is 12.8. The molecule has 0 aromatic heterocycles. The highest BCUT2D eigenvalue weighted by molar-refractivity contribution is 5.94. The van der Waals surface area contributed by atoms with E-state index in [1.807, 2.05) is 17.0 Å². The molecule has 0 aliphatic carbocycles. The molecule has 0 bridgehead atoms. The molecule has 0 radical (unpaired) electrons. The molecule has 2 aliphatic heterocycles. The van der Waals surface area contributed by atoms with Crippen molar-refractivity contribution >= 4 is 11.6 Å². The van der Waals surface area contributed by atoms with Crippen molar-refractivity contribution in [1.82, 2.24) is 10.2 Å². The minimum absolute atomic E-state index is 0.00209. The van der Waals surface area contributed by atoms with Gasteiger partial charge in [0.1, 0.15) is 11.5 Å². The van der Waals surface area contributed by atoms with E-state index < -0.39 is 0 Å². The van der Waals surface area contributed by atoms with Gasteiger partial charge < -0.3 is 19.7 Å². The summed E-state index contributed by atoms with van der Waals surface area (Å²) in [5, 5.41) is 6.91. The maximum atomic E-state index is 12.7. The van der Waals surface area contributed by atoms with E-state index in [0.29, 0.717) is 24.3 Å². The van der Waals surface area contributed by atoms with Crippen LogP contribution in [0.15, 0.2) is 65.8 Å². The summed E-state index contributed by atoms with van der Waals surface area (Å²) in [6.07, 6.45) is 3.91. The van der Waals surface area contributed by atoms with Gasteiger partial charge >= 0.3 is 0 Å². The third kappa shape index (κ3) is 6.82. The lowest BCUT2D eigenvalue weighted by Crippen LogP contribution is -2.33. The van der Waals surface area contributed by atoms with Crippen LogP contribution in [0.5, 0.6) is 11.5 Å². The van der Waals surface area contributed by atoms with E-state index in [1.54, 1.807) is 38.5 Å². The molecule has 5 rings (SSSR count). The van der Waals surface area contributed by atoms with Gasteiger partial charge in [-0.15, -0.1) is 0 Å². The highest BCUT2D eigenvalue weighted by Crippen LogP contribution is 2.23. The van der Waals surface area contributed by atoms with Crippen molar-refractivity contribution in [2.24, 2.45) is 5.11 Å². The van der Waals surface area contributed by atoms with Crippen LogP contribution < -0.4 is 14.8 Å². The first-order chi connectivity index (χ1) is 18.1. The second-order valence-corrected chi connectivity index (χ2v) is 9.05. The number of amides is 1. The standard InChI is InChI=1S/C18H18N4O2.C11H15NO/c1-24-17-7-4-13-8-10-22(11-9-15(13)12-17)18(23)14-2-5-16(6-3-14)20-21-19;1-13-11-3-2-9-4-6-12-7-5-10(9)8-11/h2-7,12H,8-11H2,1H3;2-3,8,12H,4-7H2,1H3. The van der Waals surface area contributed by atoms with E-state index in [2.05, 4.69) is 39.6 Å². The third-order valence-corrected chi connectivity index (χ3v) is 6.83. The predicted molar refractivity (Wildman–Crippen MR) is 145 cm³/mol.